The third kappa shape index (κ3) is 5.13. The Morgan fingerprint density at radius 3 is 2.85 bits per heavy atom. The van der Waals surface area contributed by atoms with Crippen molar-refractivity contribution in [1.29, 1.82) is 0 Å². The summed E-state index contributed by atoms with van der Waals surface area (Å²) < 4.78 is 5.23. The summed E-state index contributed by atoms with van der Waals surface area (Å²) in [7, 11) is 1.56. The first kappa shape index (κ1) is 19.0. The van der Waals surface area contributed by atoms with E-state index in [1.165, 1.54) is 17.7 Å². The third-order valence-corrected chi connectivity index (χ3v) is 5.93. The first-order valence-electron chi connectivity index (χ1n) is 8.80. The van der Waals surface area contributed by atoms with Gasteiger partial charge in [0.1, 0.15) is 5.75 Å². The number of halogens is 1. The highest BCUT2D eigenvalue weighted by molar-refractivity contribution is 7.10. The minimum Gasteiger partial charge on any atom is -0.495 e. The number of ether oxygens (including phenoxy) is 1. The van der Waals surface area contributed by atoms with Gasteiger partial charge in [-0.1, -0.05) is 17.7 Å². The van der Waals surface area contributed by atoms with E-state index in [-0.39, 0.29) is 6.03 Å². The van der Waals surface area contributed by atoms with Crippen LogP contribution >= 0.6 is 22.9 Å². The van der Waals surface area contributed by atoms with Gasteiger partial charge in [-0.3, -0.25) is 0 Å². The van der Waals surface area contributed by atoms with Crippen molar-refractivity contribution in [3.05, 3.63) is 45.6 Å². The zero-order chi connectivity index (χ0) is 18.4. The number of nitrogens with zero attached hydrogens (tertiary/aromatic N) is 1. The van der Waals surface area contributed by atoms with Crippen LogP contribution in [0.15, 0.2) is 35.7 Å². The van der Waals surface area contributed by atoms with Gasteiger partial charge in [0.15, 0.2) is 0 Å². The monoisotopic (exact) mass is 393 g/mol. The normalized spacial score (nSPS) is 15.6. The number of carbonyl (C=O) groups is 1. The van der Waals surface area contributed by atoms with Crippen molar-refractivity contribution in [3.63, 3.8) is 0 Å². The molecule has 26 heavy (non-hydrogen) atoms. The Morgan fingerprint density at radius 1 is 1.35 bits per heavy atom. The largest absolute Gasteiger partial charge is 0.495 e. The molecule has 0 bridgehead atoms. The second-order valence-corrected chi connectivity index (χ2v) is 7.77. The van der Waals surface area contributed by atoms with E-state index in [0.717, 1.165) is 19.6 Å². The number of urea groups is 1. The number of benzene rings is 1. The fourth-order valence-electron chi connectivity index (χ4n) is 3.24. The van der Waals surface area contributed by atoms with Crippen molar-refractivity contribution in [1.82, 2.24) is 10.2 Å². The van der Waals surface area contributed by atoms with Gasteiger partial charge in [0.2, 0.25) is 0 Å². The van der Waals surface area contributed by atoms with E-state index in [9.17, 15) is 4.79 Å². The number of carbonyl (C=O) groups excluding carboxylic acids is 1. The summed E-state index contributed by atoms with van der Waals surface area (Å²) >= 11 is 7.83. The quantitative estimate of drug-likeness (QED) is 0.764. The van der Waals surface area contributed by atoms with E-state index < -0.39 is 0 Å². The number of amides is 2. The Kier molecular flexibility index (Phi) is 6.77. The summed E-state index contributed by atoms with van der Waals surface area (Å²) in [4.78, 5) is 16.0. The van der Waals surface area contributed by atoms with E-state index >= 15 is 0 Å². The maximum atomic E-state index is 12.1. The average Bonchev–Trinajstić information content (AvgIpc) is 3.17. The van der Waals surface area contributed by atoms with Crippen LogP contribution in [-0.2, 0) is 0 Å². The molecule has 140 valence electrons. The molecule has 3 rings (SSSR count). The van der Waals surface area contributed by atoms with Gasteiger partial charge in [-0.25, -0.2) is 4.79 Å². The standard InChI is InChI=1S/C19H24ClN3O2S/c1-25-17-5-4-15(20)13-16(17)22-19(24)21-8-11-23-9-6-14(7-10-23)18-3-2-12-26-18/h2-5,12-14H,6-11H2,1H3,(H2,21,22,24). The van der Waals surface area contributed by atoms with Crippen LogP contribution in [0.4, 0.5) is 10.5 Å². The fraction of sp³-hybridized carbons (Fsp3) is 0.421. The molecule has 7 heteroatoms. The SMILES string of the molecule is COc1ccc(Cl)cc1NC(=O)NCCN1CCC(c2cccs2)CC1. The Morgan fingerprint density at radius 2 is 2.15 bits per heavy atom. The van der Waals surface area contributed by atoms with Crippen molar-refractivity contribution in [2.24, 2.45) is 0 Å². The molecule has 0 radical (unpaired) electrons. The lowest BCUT2D eigenvalue weighted by Gasteiger charge is -2.31. The molecule has 0 atom stereocenters. The summed E-state index contributed by atoms with van der Waals surface area (Å²) in [5, 5.41) is 8.39. The molecule has 5 nitrogen and oxygen atoms in total. The Hall–Kier alpha value is -1.76. The minimum atomic E-state index is -0.251. The smallest absolute Gasteiger partial charge is 0.319 e. The zero-order valence-corrected chi connectivity index (χ0v) is 16.4. The number of rotatable bonds is 6. The number of thiophene rings is 1. The van der Waals surface area contributed by atoms with Gasteiger partial charge in [-0.2, -0.15) is 0 Å². The molecule has 2 amide bonds. The molecule has 2 aromatic rings. The molecule has 2 heterocycles. The van der Waals surface area contributed by atoms with Crippen molar-refractivity contribution in [2.75, 3.05) is 38.6 Å². The molecular formula is C19H24ClN3O2S. The van der Waals surface area contributed by atoms with Gasteiger partial charge in [0.25, 0.3) is 0 Å². The molecule has 1 aromatic carbocycles. The van der Waals surface area contributed by atoms with Crippen LogP contribution in [0.3, 0.4) is 0 Å². The summed E-state index contributed by atoms with van der Waals surface area (Å²) in [6.45, 7) is 3.62. The molecular weight excluding hydrogens is 370 g/mol. The summed E-state index contributed by atoms with van der Waals surface area (Å²) in [6.07, 6.45) is 2.37. The molecule has 1 aromatic heterocycles. The maximum Gasteiger partial charge on any atom is 0.319 e. The van der Waals surface area contributed by atoms with E-state index in [1.807, 2.05) is 11.3 Å². The Bertz CT molecular complexity index is 716. The van der Waals surface area contributed by atoms with Crippen molar-refractivity contribution in [3.8, 4) is 5.75 Å². The number of likely N-dealkylation sites (tertiary alicyclic amines) is 1. The number of anilines is 1. The van der Waals surface area contributed by atoms with E-state index in [1.54, 1.807) is 25.3 Å². The average molecular weight is 394 g/mol. The van der Waals surface area contributed by atoms with E-state index in [4.69, 9.17) is 16.3 Å². The second kappa shape index (κ2) is 9.26. The van der Waals surface area contributed by atoms with Gasteiger partial charge in [-0.15, -0.1) is 11.3 Å². The van der Waals surface area contributed by atoms with Crippen LogP contribution in [0.2, 0.25) is 5.02 Å². The first-order valence-corrected chi connectivity index (χ1v) is 10.1. The molecule has 1 aliphatic rings. The molecule has 0 aliphatic carbocycles. The molecule has 1 aliphatic heterocycles. The predicted molar refractivity (Wildman–Crippen MR) is 108 cm³/mol. The van der Waals surface area contributed by atoms with Crippen molar-refractivity contribution in [2.45, 2.75) is 18.8 Å². The summed E-state index contributed by atoms with van der Waals surface area (Å²) in [6, 6.07) is 9.25. The third-order valence-electron chi connectivity index (χ3n) is 4.66. The lowest BCUT2D eigenvalue weighted by molar-refractivity contribution is 0.212. The van der Waals surface area contributed by atoms with Gasteiger partial charge >= 0.3 is 6.03 Å². The highest BCUT2D eigenvalue weighted by Gasteiger charge is 2.21. The van der Waals surface area contributed by atoms with Gasteiger partial charge in [0.05, 0.1) is 12.8 Å². The summed E-state index contributed by atoms with van der Waals surface area (Å²) in [5.74, 6) is 1.28. The van der Waals surface area contributed by atoms with E-state index in [0.29, 0.717) is 28.9 Å². The van der Waals surface area contributed by atoms with Crippen LogP contribution in [0.5, 0.6) is 5.75 Å². The predicted octanol–water partition coefficient (Wildman–Crippen LogP) is 4.41. The number of nitrogens with one attached hydrogen (secondary N) is 2. The van der Waals surface area contributed by atoms with E-state index in [2.05, 4.69) is 33.0 Å². The number of hydrogen-bond acceptors (Lipinski definition) is 4. The van der Waals surface area contributed by atoms with Crippen LogP contribution in [-0.4, -0.2) is 44.2 Å². The minimum absolute atomic E-state index is 0.251. The highest BCUT2D eigenvalue weighted by Crippen LogP contribution is 2.31. The number of hydrogen-bond donors (Lipinski definition) is 2. The lowest BCUT2D eigenvalue weighted by atomic mass is 9.95. The molecule has 0 saturated carbocycles. The van der Waals surface area contributed by atoms with Crippen LogP contribution in [0.1, 0.15) is 23.6 Å². The molecule has 1 fully saturated rings. The summed E-state index contributed by atoms with van der Waals surface area (Å²) in [5.41, 5.74) is 0.564. The topological polar surface area (TPSA) is 53.6 Å². The Labute approximate surface area is 163 Å². The maximum absolute atomic E-state index is 12.1. The van der Waals surface area contributed by atoms with Crippen molar-refractivity contribution >= 4 is 34.7 Å². The second-order valence-electron chi connectivity index (χ2n) is 6.36. The molecule has 0 spiro atoms. The molecule has 1 saturated heterocycles. The number of methoxy groups -OCH3 is 1. The van der Waals surface area contributed by atoms with Gasteiger partial charge in [-0.05, 0) is 61.5 Å². The van der Waals surface area contributed by atoms with Crippen LogP contribution in [0, 0.1) is 0 Å². The Balaban J connectivity index is 1.39. The van der Waals surface area contributed by atoms with Crippen LogP contribution in [0.25, 0.3) is 0 Å². The fourth-order valence-corrected chi connectivity index (χ4v) is 4.31. The van der Waals surface area contributed by atoms with Gasteiger partial charge in [0, 0.05) is 23.0 Å². The van der Waals surface area contributed by atoms with Crippen LogP contribution < -0.4 is 15.4 Å². The number of piperidine rings is 1. The van der Waals surface area contributed by atoms with Gasteiger partial charge < -0.3 is 20.3 Å². The molecule has 0 unspecified atom stereocenters. The molecule has 2 N–H and O–H groups in total. The first-order chi connectivity index (χ1) is 12.7. The highest BCUT2D eigenvalue weighted by atomic mass is 35.5. The van der Waals surface area contributed by atoms with Crippen molar-refractivity contribution < 1.29 is 9.53 Å². The lowest BCUT2D eigenvalue weighted by Crippen LogP contribution is -2.40. The zero-order valence-electron chi connectivity index (χ0n) is 14.8.